The van der Waals surface area contributed by atoms with E-state index in [1.807, 2.05) is 17.0 Å². The van der Waals surface area contributed by atoms with Crippen molar-refractivity contribution in [1.82, 2.24) is 10.2 Å². The third-order valence-corrected chi connectivity index (χ3v) is 5.79. The Hall–Kier alpha value is -2.37. The Morgan fingerprint density at radius 3 is 2.48 bits per heavy atom. The van der Waals surface area contributed by atoms with Crippen LogP contribution in [0, 0.1) is 5.92 Å². The molecule has 1 aromatic rings. The molecule has 2 atom stereocenters. The summed E-state index contributed by atoms with van der Waals surface area (Å²) in [7, 11) is 0. The standard InChI is InChI=1S/C21H29N3O3/c22-21(27)23-14-15-9-11-16(12-10-15)20(26)24-13-5-1-2-7-18(24)17-6-3-4-8-19(17)25/h9-12,17-18H,1-8,13-14H2,(H3,22,23,27)/t17-,18+/m1/s1. The molecule has 0 bridgehead atoms. The van der Waals surface area contributed by atoms with Gasteiger partial charge >= 0.3 is 6.03 Å². The minimum Gasteiger partial charge on any atom is -0.352 e. The van der Waals surface area contributed by atoms with Gasteiger partial charge in [-0.2, -0.15) is 0 Å². The molecule has 27 heavy (non-hydrogen) atoms. The molecule has 0 aromatic heterocycles. The number of primary amides is 1. The maximum atomic E-state index is 13.2. The zero-order valence-electron chi connectivity index (χ0n) is 15.8. The lowest BCUT2D eigenvalue weighted by molar-refractivity contribution is -0.126. The number of likely N-dealkylation sites (tertiary alicyclic amines) is 1. The lowest BCUT2D eigenvalue weighted by Gasteiger charge is -2.37. The highest BCUT2D eigenvalue weighted by atomic mass is 16.2. The Morgan fingerprint density at radius 1 is 1.04 bits per heavy atom. The number of urea groups is 1. The number of Topliss-reactive ketones (excluding diaryl/α,β-unsaturated/α-hetero) is 1. The number of nitrogens with one attached hydrogen (secondary N) is 1. The van der Waals surface area contributed by atoms with Gasteiger partial charge < -0.3 is 16.0 Å². The molecule has 1 aromatic carbocycles. The minimum absolute atomic E-state index is 0.000148. The molecule has 1 aliphatic carbocycles. The van der Waals surface area contributed by atoms with E-state index < -0.39 is 6.03 Å². The van der Waals surface area contributed by atoms with Crippen LogP contribution < -0.4 is 11.1 Å². The van der Waals surface area contributed by atoms with E-state index in [4.69, 9.17) is 5.73 Å². The van der Waals surface area contributed by atoms with Crippen LogP contribution in [-0.2, 0) is 11.3 Å². The van der Waals surface area contributed by atoms with Crippen LogP contribution in [0.5, 0.6) is 0 Å². The molecular formula is C21H29N3O3. The van der Waals surface area contributed by atoms with Crippen molar-refractivity contribution in [3.05, 3.63) is 35.4 Å². The molecule has 6 heteroatoms. The number of hydrogen-bond donors (Lipinski definition) is 2. The monoisotopic (exact) mass is 371 g/mol. The first-order valence-corrected chi connectivity index (χ1v) is 10.0. The molecule has 3 amide bonds. The lowest BCUT2D eigenvalue weighted by Crippen LogP contribution is -2.47. The number of hydrogen-bond acceptors (Lipinski definition) is 3. The van der Waals surface area contributed by atoms with Crippen LogP contribution in [0.2, 0.25) is 0 Å². The van der Waals surface area contributed by atoms with E-state index in [1.165, 1.54) is 0 Å². The number of carbonyl (C=O) groups is 3. The Balaban J connectivity index is 1.75. The first-order chi connectivity index (χ1) is 13.1. The highest BCUT2D eigenvalue weighted by Crippen LogP contribution is 2.32. The van der Waals surface area contributed by atoms with Crippen molar-refractivity contribution in [1.29, 1.82) is 0 Å². The van der Waals surface area contributed by atoms with Crippen molar-refractivity contribution in [2.45, 2.75) is 64.0 Å². The second-order valence-electron chi connectivity index (χ2n) is 7.65. The van der Waals surface area contributed by atoms with Crippen molar-refractivity contribution >= 4 is 17.7 Å². The summed E-state index contributed by atoms with van der Waals surface area (Å²) in [5.41, 5.74) is 6.61. The number of benzene rings is 1. The Bertz CT molecular complexity index is 686. The van der Waals surface area contributed by atoms with Crippen molar-refractivity contribution < 1.29 is 14.4 Å². The molecule has 1 saturated carbocycles. The van der Waals surface area contributed by atoms with E-state index in [1.54, 1.807) is 12.1 Å². The van der Waals surface area contributed by atoms with Gasteiger partial charge in [0.1, 0.15) is 5.78 Å². The first-order valence-electron chi connectivity index (χ1n) is 10.0. The normalized spacial score (nSPS) is 23.6. The fourth-order valence-corrected chi connectivity index (χ4v) is 4.34. The smallest absolute Gasteiger partial charge is 0.312 e. The maximum Gasteiger partial charge on any atom is 0.312 e. The molecule has 2 aliphatic rings. The molecule has 0 radical (unpaired) electrons. The van der Waals surface area contributed by atoms with E-state index in [0.29, 0.717) is 24.3 Å². The van der Waals surface area contributed by atoms with Crippen LogP contribution in [0.4, 0.5) is 4.79 Å². The molecule has 1 heterocycles. The quantitative estimate of drug-likeness (QED) is 0.852. The number of ketones is 1. The van der Waals surface area contributed by atoms with Gasteiger partial charge in [0, 0.05) is 37.0 Å². The fourth-order valence-electron chi connectivity index (χ4n) is 4.34. The SMILES string of the molecule is NC(=O)NCc1ccc(C(=O)N2CCCCC[C@H]2[C@H]2CCCCC2=O)cc1. The molecule has 1 saturated heterocycles. The summed E-state index contributed by atoms with van der Waals surface area (Å²) in [6, 6.07) is 6.73. The summed E-state index contributed by atoms with van der Waals surface area (Å²) in [4.78, 5) is 38.5. The molecule has 1 aliphatic heterocycles. The summed E-state index contributed by atoms with van der Waals surface area (Å²) in [6.07, 6.45) is 7.73. The molecule has 3 rings (SSSR count). The number of carbonyl (C=O) groups excluding carboxylic acids is 3. The van der Waals surface area contributed by atoms with E-state index >= 15 is 0 Å². The predicted molar refractivity (Wildman–Crippen MR) is 103 cm³/mol. The van der Waals surface area contributed by atoms with Crippen molar-refractivity contribution in [2.24, 2.45) is 11.7 Å². The van der Waals surface area contributed by atoms with Gasteiger partial charge in [-0.05, 0) is 43.4 Å². The van der Waals surface area contributed by atoms with E-state index in [2.05, 4.69) is 5.32 Å². The molecule has 3 N–H and O–H groups in total. The number of nitrogens with zero attached hydrogens (tertiary/aromatic N) is 1. The van der Waals surface area contributed by atoms with Gasteiger partial charge in [-0.1, -0.05) is 31.4 Å². The number of rotatable bonds is 4. The average Bonchev–Trinajstić information content (AvgIpc) is 2.92. The van der Waals surface area contributed by atoms with Crippen LogP contribution in [0.1, 0.15) is 67.3 Å². The largest absolute Gasteiger partial charge is 0.352 e. The van der Waals surface area contributed by atoms with Crippen LogP contribution in [0.25, 0.3) is 0 Å². The van der Waals surface area contributed by atoms with Crippen molar-refractivity contribution in [3.63, 3.8) is 0 Å². The summed E-state index contributed by atoms with van der Waals surface area (Å²) in [5.74, 6) is 0.341. The zero-order valence-corrected chi connectivity index (χ0v) is 15.8. The summed E-state index contributed by atoms with van der Waals surface area (Å²) >= 11 is 0. The van der Waals surface area contributed by atoms with Gasteiger partial charge in [-0.3, -0.25) is 9.59 Å². The van der Waals surface area contributed by atoms with E-state index in [9.17, 15) is 14.4 Å². The topological polar surface area (TPSA) is 92.5 Å². The molecule has 2 fully saturated rings. The highest BCUT2D eigenvalue weighted by molar-refractivity contribution is 5.95. The third kappa shape index (κ3) is 4.87. The van der Waals surface area contributed by atoms with Crippen LogP contribution in [0.3, 0.4) is 0 Å². The Kier molecular flexibility index (Phi) is 6.48. The van der Waals surface area contributed by atoms with E-state index in [-0.39, 0.29) is 17.9 Å². The Morgan fingerprint density at radius 2 is 1.78 bits per heavy atom. The summed E-state index contributed by atoms with van der Waals surface area (Å²) in [5, 5.41) is 2.54. The molecule has 0 spiro atoms. The Labute approximate surface area is 160 Å². The van der Waals surface area contributed by atoms with Crippen LogP contribution in [0.15, 0.2) is 24.3 Å². The van der Waals surface area contributed by atoms with Gasteiger partial charge in [0.25, 0.3) is 5.91 Å². The molecular weight excluding hydrogens is 342 g/mol. The lowest BCUT2D eigenvalue weighted by atomic mass is 9.80. The van der Waals surface area contributed by atoms with Gasteiger partial charge in [-0.25, -0.2) is 4.79 Å². The molecule has 146 valence electrons. The summed E-state index contributed by atoms with van der Waals surface area (Å²) in [6.45, 7) is 1.06. The van der Waals surface area contributed by atoms with Gasteiger partial charge in [0.2, 0.25) is 0 Å². The molecule has 6 nitrogen and oxygen atoms in total. The average molecular weight is 371 g/mol. The van der Waals surface area contributed by atoms with Crippen molar-refractivity contribution in [2.75, 3.05) is 6.54 Å². The fraction of sp³-hybridized carbons (Fsp3) is 0.571. The highest BCUT2D eigenvalue weighted by Gasteiger charge is 2.36. The van der Waals surface area contributed by atoms with Crippen LogP contribution in [-0.4, -0.2) is 35.2 Å². The number of amides is 3. The predicted octanol–water partition coefficient (Wildman–Crippen LogP) is 3.00. The summed E-state index contributed by atoms with van der Waals surface area (Å²) < 4.78 is 0. The second kappa shape index (κ2) is 9.02. The number of nitrogens with two attached hydrogens (primary N) is 1. The van der Waals surface area contributed by atoms with Crippen LogP contribution >= 0.6 is 0 Å². The minimum atomic E-state index is -0.570. The first kappa shape index (κ1) is 19.4. The molecule has 0 unspecified atom stereocenters. The third-order valence-electron chi connectivity index (χ3n) is 5.79. The van der Waals surface area contributed by atoms with Gasteiger partial charge in [0.15, 0.2) is 0 Å². The second-order valence-corrected chi connectivity index (χ2v) is 7.65. The maximum absolute atomic E-state index is 13.2. The van der Waals surface area contributed by atoms with Gasteiger partial charge in [0.05, 0.1) is 0 Å². The van der Waals surface area contributed by atoms with E-state index in [0.717, 1.165) is 57.1 Å². The van der Waals surface area contributed by atoms with Gasteiger partial charge in [-0.15, -0.1) is 0 Å². The van der Waals surface area contributed by atoms with Crippen molar-refractivity contribution in [3.8, 4) is 0 Å². The zero-order chi connectivity index (χ0) is 19.2.